The van der Waals surface area contributed by atoms with Crippen molar-refractivity contribution < 1.29 is 4.79 Å². The second kappa shape index (κ2) is 13.7. The molecule has 0 atom stereocenters. The van der Waals surface area contributed by atoms with Crippen molar-refractivity contribution in [1.82, 2.24) is 4.98 Å². The molecule has 0 aliphatic heterocycles. The minimum absolute atomic E-state index is 0.00939. The summed E-state index contributed by atoms with van der Waals surface area (Å²) in [4.78, 5) is 16.4. The van der Waals surface area contributed by atoms with Gasteiger partial charge in [-0.2, -0.15) is 0 Å². The molecule has 25 heavy (non-hydrogen) atoms. The molecule has 1 heterocycles. The van der Waals surface area contributed by atoms with Crippen LogP contribution < -0.4 is 0 Å². The summed E-state index contributed by atoms with van der Waals surface area (Å²) in [5.41, 5.74) is 3.45. The van der Waals surface area contributed by atoms with Crippen LogP contribution in [0.5, 0.6) is 0 Å². The van der Waals surface area contributed by atoms with Crippen LogP contribution in [0.1, 0.15) is 33.4 Å². The molecule has 1 aromatic heterocycles. The average Bonchev–Trinajstić information content (AvgIpc) is 2.70. The Kier molecular flexibility index (Phi) is 12.2. The zero-order valence-electron chi connectivity index (χ0n) is 15.8. The summed E-state index contributed by atoms with van der Waals surface area (Å²) in [5, 5.41) is 0. The number of allylic oxidation sites excluding steroid dienone is 4. The van der Waals surface area contributed by atoms with Gasteiger partial charge in [-0.15, -0.1) is 0 Å². The molecule has 0 amide bonds. The summed E-state index contributed by atoms with van der Waals surface area (Å²) < 4.78 is 0. The van der Waals surface area contributed by atoms with Crippen LogP contribution >= 0.6 is 0 Å². The number of rotatable bonds is 6. The summed E-state index contributed by atoms with van der Waals surface area (Å²) in [6.45, 7) is 15.2. The van der Waals surface area contributed by atoms with Gasteiger partial charge in [0, 0.05) is 23.0 Å². The molecule has 0 saturated carbocycles. The van der Waals surface area contributed by atoms with E-state index in [-0.39, 0.29) is 12.2 Å². The smallest absolute Gasteiger partial charge is 0.168 e. The van der Waals surface area contributed by atoms with Crippen molar-refractivity contribution in [3.63, 3.8) is 0 Å². The van der Waals surface area contributed by atoms with Crippen LogP contribution in [-0.2, 0) is 11.2 Å². The van der Waals surface area contributed by atoms with Crippen molar-refractivity contribution in [2.75, 3.05) is 0 Å². The van der Waals surface area contributed by atoms with Crippen molar-refractivity contribution in [3.8, 4) is 11.1 Å². The maximum Gasteiger partial charge on any atom is 0.168 e. The number of aromatic nitrogens is 1. The lowest BCUT2D eigenvalue weighted by Crippen LogP contribution is -2.06. The van der Waals surface area contributed by atoms with Crippen molar-refractivity contribution in [3.05, 3.63) is 91.3 Å². The molecule has 1 aromatic carbocycles. The first kappa shape index (κ1) is 22.3. The van der Waals surface area contributed by atoms with E-state index >= 15 is 0 Å². The first-order chi connectivity index (χ1) is 12.2. The molecule has 0 aliphatic carbocycles. The van der Waals surface area contributed by atoms with Gasteiger partial charge in [0.05, 0.1) is 6.42 Å². The highest BCUT2D eigenvalue weighted by Gasteiger charge is 2.08. The van der Waals surface area contributed by atoms with Gasteiger partial charge in [-0.1, -0.05) is 95.5 Å². The maximum absolute atomic E-state index is 12.1. The van der Waals surface area contributed by atoms with E-state index < -0.39 is 0 Å². The molecule has 0 N–H and O–H groups in total. The van der Waals surface area contributed by atoms with E-state index in [4.69, 9.17) is 0 Å². The molecule has 2 heteroatoms. The number of benzene rings is 1. The van der Waals surface area contributed by atoms with Gasteiger partial charge in [-0.25, -0.2) is 0 Å². The van der Waals surface area contributed by atoms with E-state index in [9.17, 15) is 4.79 Å². The Hall–Kier alpha value is -2.74. The van der Waals surface area contributed by atoms with Gasteiger partial charge in [0.15, 0.2) is 5.78 Å². The molecule has 0 aliphatic rings. The zero-order valence-corrected chi connectivity index (χ0v) is 15.8. The SMILES string of the molecule is C=C/C=C(\C=C)C(=O)Cc1ccc(-c2ccccc2)cn1.CC.CC. The number of Topliss-reactive ketones (excluding diaryl/α,β-unsaturated/α-hetero) is 1. The molecule has 0 unspecified atom stereocenters. The Labute approximate surface area is 152 Å². The summed E-state index contributed by atoms with van der Waals surface area (Å²) in [5.74, 6) is -0.00939. The molecule has 0 bridgehead atoms. The highest BCUT2D eigenvalue weighted by Crippen LogP contribution is 2.18. The van der Waals surface area contributed by atoms with Crippen LogP contribution in [-0.4, -0.2) is 10.8 Å². The predicted octanol–water partition coefficient (Wildman–Crippen LogP) is 6.21. The second-order valence-corrected chi connectivity index (χ2v) is 4.57. The first-order valence-electron chi connectivity index (χ1n) is 8.73. The Bertz CT molecular complexity index is 667. The predicted molar refractivity (Wildman–Crippen MR) is 110 cm³/mol. The monoisotopic (exact) mass is 335 g/mol. The number of hydrogen-bond donors (Lipinski definition) is 0. The molecule has 0 saturated heterocycles. The number of nitrogens with zero attached hydrogens (tertiary/aromatic N) is 1. The van der Waals surface area contributed by atoms with Crippen molar-refractivity contribution in [1.29, 1.82) is 0 Å². The molecular formula is C23H29NO. The average molecular weight is 335 g/mol. The lowest BCUT2D eigenvalue weighted by molar-refractivity contribution is -0.114. The van der Waals surface area contributed by atoms with E-state index in [1.165, 1.54) is 0 Å². The molecular weight excluding hydrogens is 306 g/mol. The van der Waals surface area contributed by atoms with Crippen LogP contribution in [0.2, 0.25) is 0 Å². The number of hydrogen-bond acceptors (Lipinski definition) is 2. The zero-order chi connectivity index (χ0) is 19.1. The van der Waals surface area contributed by atoms with Gasteiger partial charge in [0.1, 0.15) is 0 Å². The number of pyridine rings is 1. The fourth-order valence-corrected chi connectivity index (χ4v) is 2.00. The Balaban J connectivity index is 0.00000134. The molecule has 0 spiro atoms. The topological polar surface area (TPSA) is 30.0 Å². The third kappa shape index (κ3) is 7.58. The van der Waals surface area contributed by atoms with E-state index in [0.717, 1.165) is 16.8 Å². The van der Waals surface area contributed by atoms with Gasteiger partial charge in [-0.05, 0) is 11.6 Å². The first-order valence-corrected chi connectivity index (χ1v) is 8.73. The van der Waals surface area contributed by atoms with Gasteiger partial charge < -0.3 is 0 Å². The van der Waals surface area contributed by atoms with E-state index in [1.54, 1.807) is 24.4 Å². The third-order valence-corrected chi connectivity index (χ3v) is 3.11. The van der Waals surface area contributed by atoms with Crippen molar-refractivity contribution in [2.24, 2.45) is 0 Å². The van der Waals surface area contributed by atoms with Crippen LogP contribution in [0.25, 0.3) is 11.1 Å². The normalized spacial score (nSPS) is 9.68. The third-order valence-electron chi connectivity index (χ3n) is 3.11. The summed E-state index contributed by atoms with van der Waals surface area (Å²) in [6.07, 6.45) is 6.85. The summed E-state index contributed by atoms with van der Waals surface area (Å²) in [6, 6.07) is 13.9. The Morgan fingerprint density at radius 3 is 2.08 bits per heavy atom. The van der Waals surface area contributed by atoms with E-state index in [1.807, 2.05) is 70.2 Å². The van der Waals surface area contributed by atoms with Gasteiger partial charge >= 0.3 is 0 Å². The van der Waals surface area contributed by atoms with Crippen molar-refractivity contribution >= 4 is 5.78 Å². The van der Waals surface area contributed by atoms with Crippen molar-refractivity contribution in [2.45, 2.75) is 34.1 Å². The van der Waals surface area contributed by atoms with Crippen LogP contribution in [0.3, 0.4) is 0 Å². The maximum atomic E-state index is 12.1. The van der Waals surface area contributed by atoms with Crippen LogP contribution in [0.4, 0.5) is 0 Å². The number of carbonyl (C=O) groups excluding carboxylic acids is 1. The lowest BCUT2D eigenvalue weighted by Gasteiger charge is -2.04. The Morgan fingerprint density at radius 1 is 0.960 bits per heavy atom. The molecule has 2 aromatic rings. The minimum Gasteiger partial charge on any atom is -0.294 e. The largest absolute Gasteiger partial charge is 0.294 e. The Morgan fingerprint density at radius 2 is 1.60 bits per heavy atom. The number of carbonyl (C=O) groups is 1. The summed E-state index contributed by atoms with van der Waals surface area (Å²) in [7, 11) is 0. The fourth-order valence-electron chi connectivity index (χ4n) is 2.00. The van der Waals surface area contributed by atoms with E-state index in [0.29, 0.717) is 5.57 Å². The highest BCUT2D eigenvalue weighted by atomic mass is 16.1. The second-order valence-electron chi connectivity index (χ2n) is 4.57. The lowest BCUT2D eigenvalue weighted by atomic mass is 10.0. The van der Waals surface area contributed by atoms with Gasteiger partial charge in [0.2, 0.25) is 0 Å². The number of ketones is 1. The molecule has 0 fully saturated rings. The van der Waals surface area contributed by atoms with Crippen LogP contribution in [0.15, 0.2) is 85.6 Å². The molecule has 2 nitrogen and oxygen atoms in total. The van der Waals surface area contributed by atoms with Gasteiger partial charge in [0.25, 0.3) is 0 Å². The fraction of sp³-hybridized carbons (Fsp3) is 0.217. The quantitative estimate of drug-likeness (QED) is 0.464. The standard InChI is InChI=1S/C19H17NO.2C2H6/c1-3-8-15(4-2)19(21)13-18-12-11-17(14-20-18)16-9-6-5-7-10-16;2*1-2/h3-12,14H,1-2,13H2;2*1-2H3/b15-8+;;. The molecule has 132 valence electrons. The highest BCUT2D eigenvalue weighted by molar-refractivity contribution is 5.99. The van der Waals surface area contributed by atoms with Gasteiger partial charge in [-0.3, -0.25) is 9.78 Å². The molecule has 2 rings (SSSR count). The summed E-state index contributed by atoms with van der Waals surface area (Å²) >= 11 is 0. The van der Waals surface area contributed by atoms with Crippen LogP contribution in [0, 0.1) is 0 Å². The molecule has 0 radical (unpaired) electrons. The minimum atomic E-state index is -0.00939. The van der Waals surface area contributed by atoms with E-state index in [2.05, 4.69) is 18.1 Å².